The fraction of sp³-hybridized carbons (Fsp3) is 0. The summed E-state index contributed by atoms with van der Waals surface area (Å²) >= 11 is 0. The summed E-state index contributed by atoms with van der Waals surface area (Å²) in [7, 11) is 0. The van der Waals surface area contributed by atoms with Gasteiger partial charge in [0.25, 0.3) is 0 Å². The van der Waals surface area contributed by atoms with Gasteiger partial charge in [-0.3, -0.25) is 0 Å². The van der Waals surface area contributed by atoms with Crippen LogP contribution < -0.4 is 0 Å². The molecule has 1 heteroatoms. The standard InChI is InChI=1S/C72H42O/c1-3-11-43(12-4-1)55-31-23-45-29-37-61-57(33-25-47-27-35-59(55)67(45)69(47)61)51-16-9-15-49(39-51)50-21-22-54-42-65(72-71(64(54)41-50)63-19-7-8-20-66(63)73-72)53-18-10-17-52(40-53)58-34-26-48-28-36-60-56(44-13-5-2-6-14-44)32-24-46-30-38-62(58)70(48)68(46)60/h1-42H. The Morgan fingerprint density at radius 1 is 0.192 bits per heavy atom. The molecule has 16 aromatic rings. The number of rotatable bonds is 6. The molecular weight excluding hydrogens is 881 g/mol. The number of hydrogen-bond donors (Lipinski definition) is 0. The maximum atomic E-state index is 6.93. The molecule has 73 heavy (non-hydrogen) atoms. The van der Waals surface area contributed by atoms with Crippen LogP contribution in [0.2, 0.25) is 0 Å². The first-order valence-electron chi connectivity index (χ1n) is 25.3. The molecule has 1 nitrogen and oxygen atoms in total. The summed E-state index contributed by atoms with van der Waals surface area (Å²) in [5.41, 5.74) is 16.2. The molecule has 16 rings (SSSR count). The smallest absolute Gasteiger partial charge is 0.143 e. The molecule has 1 aromatic heterocycles. The van der Waals surface area contributed by atoms with Gasteiger partial charge in [0.2, 0.25) is 0 Å². The van der Waals surface area contributed by atoms with Crippen molar-refractivity contribution in [2.24, 2.45) is 0 Å². The summed E-state index contributed by atoms with van der Waals surface area (Å²) in [6, 6.07) is 94.3. The normalized spacial score (nSPS) is 12.1. The van der Waals surface area contributed by atoms with Gasteiger partial charge in [-0.2, -0.15) is 0 Å². The summed E-state index contributed by atoms with van der Waals surface area (Å²) < 4.78 is 6.93. The first-order chi connectivity index (χ1) is 36.2. The Morgan fingerprint density at radius 2 is 0.575 bits per heavy atom. The molecule has 1 heterocycles. The maximum absolute atomic E-state index is 6.93. The largest absolute Gasteiger partial charge is 0.455 e. The number of fused-ring (bicyclic) bond motifs is 5. The minimum atomic E-state index is 0.890. The van der Waals surface area contributed by atoms with Crippen LogP contribution in [-0.4, -0.2) is 0 Å². The van der Waals surface area contributed by atoms with Crippen LogP contribution in [0.15, 0.2) is 259 Å². The van der Waals surface area contributed by atoms with Crippen molar-refractivity contribution in [3.63, 3.8) is 0 Å². The summed E-state index contributed by atoms with van der Waals surface area (Å²) in [4.78, 5) is 0. The van der Waals surface area contributed by atoms with E-state index in [1.54, 1.807) is 0 Å². The summed E-state index contributed by atoms with van der Waals surface area (Å²) in [6.07, 6.45) is 0. The second-order valence-corrected chi connectivity index (χ2v) is 19.9. The highest BCUT2D eigenvalue weighted by Gasteiger charge is 2.21. The third-order valence-electron chi connectivity index (χ3n) is 16.0. The van der Waals surface area contributed by atoms with Gasteiger partial charge < -0.3 is 4.42 Å². The predicted molar refractivity (Wildman–Crippen MR) is 311 cm³/mol. The van der Waals surface area contributed by atoms with Gasteiger partial charge in [0.05, 0.1) is 0 Å². The molecule has 0 saturated heterocycles. The fourth-order valence-corrected chi connectivity index (χ4v) is 12.6. The van der Waals surface area contributed by atoms with Crippen LogP contribution in [0, 0.1) is 0 Å². The van der Waals surface area contributed by atoms with E-state index in [1.165, 1.54) is 131 Å². The van der Waals surface area contributed by atoms with E-state index in [9.17, 15) is 0 Å². The molecule has 0 N–H and O–H groups in total. The molecule has 0 spiro atoms. The highest BCUT2D eigenvalue weighted by molar-refractivity contribution is 6.29. The van der Waals surface area contributed by atoms with Crippen LogP contribution in [0.5, 0.6) is 0 Å². The topological polar surface area (TPSA) is 13.1 Å². The molecule has 0 atom stereocenters. The number of furan rings is 1. The third-order valence-corrected chi connectivity index (χ3v) is 16.0. The Balaban J connectivity index is 0.823. The minimum absolute atomic E-state index is 0.890. The van der Waals surface area contributed by atoms with Crippen molar-refractivity contribution in [2.75, 3.05) is 0 Å². The first kappa shape index (κ1) is 40.2. The Kier molecular flexibility index (Phi) is 8.52. The average Bonchev–Trinajstić information content (AvgIpc) is 3.86. The lowest BCUT2D eigenvalue weighted by molar-refractivity contribution is 0.670. The van der Waals surface area contributed by atoms with E-state index in [4.69, 9.17) is 4.42 Å². The second-order valence-electron chi connectivity index (χ2n) is 19.9. The van der Waals surface area contributed by atoms with Gasteiger partial charge in [0.1, 0.15) is 11.2 Å². The molecule has 0 radical (unpaired) electrons. The maximum Gasteiger partial charge on any atom is 0.143 e. The molecular formula is C72H42O. The molecule has 0 aliphatic rings. The van der Waals surface area contributed by atoms with E-state index in [0.29, 0.717) is 0 Å². The Hall–Kier alpha value is -9.56. The third kappa shape index (κ3) is 6.03. The zero-order valence-corrected chi connectivity index (χ0v) is 39.7. The molecule has 0 amide bonds. The van der Waals surface area contributed by atoms with Crippen molar-refractivity contribution in [3.8, 4) is 66.8 Å². The lowest BCUT2D eigenvalue weighted by Crippen LogP contribution is -1.90. The van der Waals surface area contributed by atoms with E-state index < -0.39 is 0 Å². The summed E-state index contributed by atoms with van der Waals surface area (Å²) in [5.74, 6) is 0. The summed E-state index contributed by atoms with van der Waals surface area (Å²) in [6.45, 7) is 0. The van der Waals surface area contributed by atoms with Gasteiger partial charge in [-0.1, -0.05) is 224 Å². The molecule has 0 saturated carbocycles. The molecule has 0 fully saturated rings. The minimum Gasteiger partial charge on any atom is -0.455 e. The van der Waals surface area contributed by atoms with Crippen molar-refractivity contribution in [1.29, 1.82) is 0 Å². The zero-order valence-electron chi connectivity index (χ0n) is 39.7. The van der Waals surface area contributed by atoms with Crippen LogP contribution in [0.3, 0.4) is 0 Å². The Bertz CT molecular complexity index is 4880. The van der Waals surface area contributed by atoms with Gasteiger partial charge in [0.15, 0.2) is 0 Å². The van der Waals surface area contributed by atoms with E-state index in [-0.39, 0.29) is 0 Å². The van der Waals surface area contributed by atoms with E-state index in [2.05, 4.69) is 255 Å². The predicted octanol–water partition coefficient (Wildman–Crippen LogP) is 20.5. The summed E-state index contributed by atoms with van der Waals surface area (Å²) in [5, 5.41) is 20.1. The van der Waals surface area contributed by atoms with E-state index >= 15 is 0 Å². The van der Waals surface area contributed by atoms with Gasteiger partial charge in [-0.05, 0) is 167 Å². The average molecular weight is 923 g/mol. The number of para-hydroxylation sites is 1. The van der Waals surface area contributed by atoms with Crippen LogP contribution >= 0.6 is 0 Å². The number of benzene rings is 15. The monoisotopic (exact) mass is 922 g/mol. The van der Waals surface area contributed by atoms with Crippen molar-refractivity contribution < 1.29 is 4.42 Å². The van der Waals surface area contributed by atoms with Crippen molar-refractivity contribution in [3.05, 3.63) is 255 Å². The lowest BCUT2D eigenvalue weighted by Gasteiger charge is -2.17. The van der Waals surface area contributed by atoms with Gasteiger partial charge in [-0.25, -0.2) is 0 Å². The van der Waals surface area contributed by atoms with Gasteiger partial charge in [-0.15, -0.1) is 0 Å². The van der Waals surface area contributed by atoms with Crippen molar-refractivity contribution in [2.45, 2.75) is 0 Å². The van der Waals surface area contributed by atoms with Crippen molar-refractivity contribution in [1.82, 2.24) is 0 Å². The van der Waals surface area contributed by atoms with Crippen LogP contribution in [0.1, 0.15) is 0 Å². The quantitative estimate of drug-likeness (QED) is 0.152. The molecule has 0 unspecified atom stereocenters. The Labute approximate surface area is 421 Å². The molecule has 0 aliphatic carbocycles. The molecule has 15 aromatic carbocycles. The highest BCUT2D eigenvalue weighted by atomic mass is 16.3. The van der Waals surface area contributed by atoms with Crippen LogP contribution in [-0.2, 0) is 0 Å². The van der Waals surface area contributed by atoms with Crippen molar-refractivity contribution >= 4 is 97.3 Å². The highest BCUT2D eigenvalue weighted by Crippen LogP contribution is 2.47. The Morgan fingerprint density at radius 3 is 1.10 bits per heavy atom. The van der Waals surface area contributed by atoms with Crippen LogP contribution in [0.4, 0.5) is 0 Å². The van der Waals surface area contributed by atoms with Gasteiger partial charge in [0, 0.05) is 16.3 Å². The molecule has 0 bridgehead atoms. The fourth-order valence-electron chi connectivity index (χ4n) is 12.6. The molecule has 336 valence electrons. The number of hydrogen-bond acceptors (Lipinski definition) is 1. The first-order valence-corrected chi connectivity index (χ1v) is 25.3. The lowest BCUT2D eigenvalue weighted by atomic mass is 9.86. The SMILES string of the molecule is c1ccc(-c2ccc3ccc4c(-c5cccc(-c6ccc7cc(-c8cccc(-c9ccc%10ccc%11c(-c%12ccccc%12)ccc%12ccc9c%10c%12%11)c8)c8oc9ccccc9c8c7c6)c5)ccc5ccc2c3c54)cc1. The van der Waals surface area contributed by atoms with E-state index in [0.717, 1.165) is 33.1 Å². The second kappa shape index (κ2) is 15.5. The van der Waals surface area contributed by atoms with Crippen LogP contribution in [0.25, 0.3) is 164 Å². The zero-order chi connectivity index (χ0) is 47.7. The molecule has 0 aliphatic heterocycles. The van der Waals surface area contributed by atoms with Gasteiger partial charge >= 0.3 is 0 Å². The van der Waals surface area contributed by atoms with E-state index in [1.807, 2.05) is 0 Å².